The first-order valence-electron chi connectivity index (χ1n) is 13.4. The van der Waals surface area contributed by atoms with Gasteiger partial charge in [0.15, 0.2) is 17.3 Å². The Kier molecular flexibility index (Phi) is 8.04. The normalized spacial score (nSPS) is 11.4. The summed E-state index contributed by atoms with van der Waals surface area (Å²) < 4.78 is 14.1. The minimum absolute atomic E-state index is 0.280. The fraction of sp³-hybridized carbons (Fsp3) is 0.0882. The SMILES string of the molecule is CCOc1cc(C=Nn2c(-c3ccccc3)nc3ccccc3c2=O)c(Br)c(Cl)c1OCc1cccc2ccccc12. The molecule has 0 bridgehead atoms. The summed E-state index contributed by atoms with van der Waals surface area (Å²) >= 11 is 10.5. The molecule has 0 aliphatic carbocycles. The van der Waals surface area contributed by atoms with Crippen molar-refractivity contribution in [3.63, 3.8) is 0 Å². The molecule has 0 N–H and O–H groups in total. The van der Waals surface area contributed by atoms with Gasteiger partial charge < -0.3 is 9.47 Å². The summed E-state index contributed by atoms with van der Waals surface area (Å²) in [5, 5.41) is 7.65. The van der Waals surface area contributed by atoms with Crippen molar-refractivity contribution < 1.29 is 9.47 Å². The van der Waals surface area contributed by atoms with Crippen LogP contribution < -0.4 is 15.0 Å². The van der Waals surface area contributed by atoms with Crippen LogP contribution in [-0.2, 0) is 6.61 Å². The molecular formula is C34H25BrClN3O3. The highest BCUT2D eigenvalue weighted by atomic mass is 79.9. The summed E-state index contributed by atoms with van der Waals surface area (Å²) in [5.74, 6) is 1.32. The summed E-state index contributed by atoms with van der Waals surface area (Å²) in [6, 6.07) is 32.8. The van der Waals surface area contributed by atoms with Crippen LogP contribution in [0.3, 0.4) is 0 Å². The van der Waals surface area contributed by atoms with Crippen molar-refractivity contribution >= 4 is 55.4 Å². The monoisotopic (exact) mass is 637 g/mol. The molecule has 1 heterocycles. The number of halogens is 2. The van der Waals surface area contributed by atoms with Gasteiger partial charge in [0.25, 0.3) is 5.56 Å². The summed E-state index contributed by atoms with van der Waals surface area (Å²) in [4.78, 5) is 18.3. The third-order valence-corrected chi connectivity index (χ3v) is 8.25. The van der Waals surface area contributed by atoms with Crippen molar-refractivity contribution in [2.75, 3.05) is 6.61 Å². The lowest BCUT2D eigenvalue weighted by atomic mass is 10.1. The summed E-state index contributed by atoms with van der Waals surface area (Å²) in [6.45, 7) is 2.61. The number of fused-ring (bicyclic) bond motifs is 2. The second kappa shape index (κ2) is 12.2. The van der Waals surface area contributed by atoms with Crippen LogP contribution >= 0.6 is 27.5 Å². The quantitative estimate of drug-likeness (QED) is 0.157. The number of para-hydroxylation sites is 1. The van der Waals surface area contributed by atoms with E-state index >= 15 is 0 Å². The molecule has 1 aromatic heterocycles. The lowest BCUT2D eigenvalue weighted by Crippen LogP contribution is -2.20. The molecule has 0 spiro atoms. The van der Waals surface area contributed by atoms with Gasteiger partial charge in [0.05, 0.1) is 23.7 Å². The number of hydrogen-bond donors (Lipinski definition) is 0. The average molecular weight is 639 g/mol. The fourth-order valence-electron chi connectivity index (χ4n) is 4.79. The second-order valence-electron chi connectivity index (χ2n) is 9.46. The van der Waals surface area contributed by atoms with Crippen molar-refractivity contribution in [2.45, 2.75) is 13.5 Å². The van der Waals surface area contributed by atoms with Gasteiger partial charge >= 0.3 is 0 Å². The Hall–Kier alpha value is -4.46. The third-order valence-electron chi connectivity index (χ3n) is 6.81. The van der Waals surface area contributed by atoms with Crippen LogP contribution in [-0.4, -0.2) is 22.5 Å². The second-order valence-corrected chi connectivity index (χ2v) is 10.6. The molecule has 42 heavy (non-hydrogen) atoms. The lowest BCUT2D eigenvalue weighted by Gasteiger charge is -2.17. The van der Waals surface area contributed by atoms with Crippen LogP contribution in [0.25, 0.3) is 33.1 Å². The van der Waals surface area contributed by atoms with E-state index in [1.165, 1.54) is 4.68 Å². The smallest absolute Gasteiger partial charge is 0.282 e. The van der Waals surface area contributed by atoms with E-state index in [1.807, 2.05) is 79.7 Å². The van der Waals surface area contributed by atoms with Gasteiger partial charge in [-0.05, 0) is 57.4 Å². The summed E-state index contributed by atoms with van der Waals surface area (Å²) in [5.41, 5.74) is 2.73. The van der Waals surface area contributed by atoms with Crippen molar-refractivity contribution in [1.29, 1.82) is 0 Å². The van der Waals surface area contributed by atoms with E-state index in [9.17, 15) is 4.79 Å². The van der Waals surface area contributed by atoms with Crippen molar-refractivity contribution in [3.05, 3.63) is 134 Å². The van der Waals surface area contributed by atoms with Crippen molar-refractivity contribution in [1.82, 2.24) is 9.66 Å². The molecule has 0 fully saturated rings. The Balaban J connectivity index is 1.40. The molecule has 0 saturated carbocycles. The maximum Gasteiger partial charge on any atom is 0.282 e. The zero-order valence-corrected chi connectivity index (χ0v) is 25.0. The highest BCUT2D eigenvalue weighted by Gasteiger charge is 2.19. The van der Waals surface area contributed by atoms with Crippen molar-refractivity contribution in [3.8, 4) is 22.9 Å². The highest BCUT2D eigenvalue weighted by Crippen LogP contribution is 2.43. The van der Waals surface area contributed by atoms with Gasteiger partial charge in [-0.25, -0.2) is 4.98 Å². The Morgan fingerprint density at radius 1 is 0.905 bits per heavy atom. The van der Waals surface area contributed by atoms with Gasteiger partial charge in [-0.1, -0.05) is 96.5 Å². The molecule has 0 aliphatic rings. The first kappa shape index (κ1) is 27.7. The zero-order valence-electron chi connectivity index (χ0n) is 22.6. The van der Waals surface area contributed by atoms with Gasteiger partial charge in [0, 0.05) is 15.6 Å². The van der Waals surface area contributed by atoms with Crippen LogP contribution in [0.15, 0.2) is 117 Å². The molecule has 8 heteroatoms. The van der Waals surface area contributed by atoms with E-state index in [1.54, 1.807) is 18.3 Å². The van der Waals surface area contributed by atoms with Crippen LogP contribution in [0.4, 0.5) is 0 Å². The Morgan fingerprint density at radius 2 is 1.62 bits per heavy atom. The molecule has 0 unspecified atom stereocenters. The van der Waals surface area contributed by atoms with E-state index in [0.717, 1.165) is 21.9 Å². The molecular weight excluding hydrogens is 614 g/mol. The van der Waals surface area contributed by atoms with Crippen LogP contribution in [0.2, 0.25) is 5.02 Å². The average Bonchev–Trinajstić information content (AvgIpc) is 3.03. The van der Waals surface area contributed by atoms with E-state index < -0.39 is 0 Å². The zero-order chi connectivity index (χ0) is 29.1. The predicted octanol–water partition coefficient (Wildman–Crippen LogP) is 8.49. The summed E-state index contributed by atoms with van der Waals surface area (Å²) in [6.07, 6.45) is 1.57. The fourth-order valence-corrected chi connectivity index (χ4v) is 5.44. The first-order valence-corrected chi connectivity index (χ1v) is 14.6. The Bertz CT molecular complexity index is 2000. The molecule has 0 radical (unpaired) electrons. The molecule has 0 saturated heterocycles. The van der Waals surface area contributed by atoms with Gasteiger partial charge in [-0.3, -0.25) is 4.79 Å². The molecule has 6 aromatic rings. The molecule has 6 rings (SSSR count). The Labute approximate surface area is 255 Å². The summed E-state index contributed by atoms with van der Waals surface area (Å²) in [7, 11) is 0. The van der Waals surface area contributed by atoms with Gasteiger partial charge in [0.1, 0.15) is 11.6 Å². The molecule has 0 atom stereocenters. The molecule has 0 aliphatic heterocycles. The molecule has 6 nitrogen and oxygen atoms in total. The van der Waals surface area contributed by atoms with Crippen LogP contribution in [0, 0.1) is 0 Å². The number of aromatic nitrogens is 2. The number of hydrogen-bond acceptors (Lipinski definition) is 5. The van der Waals surface area contributed by atoms with Gasteiger partial charge in [-0.2, -0.15) is 9.78 Å². The maximum absolute atomic E-state index is 13.6. The number of benzene rings is 5. The van der Waals surface area contributed by atoms with E-state index in [2.05, 4.69) is 39.2 Å². The van der Waals surface area contributed by atoms with Crippen molar-refractivity contribution in [2.24, 2.45) is 5.10 Å². The van der Waals surface area contributed by atoms with Gasteiger partial charge in [0.2, 0.25) is 0 Å². The maximum atomic E-state index is 13.6. The highest BCUT2D eigenvalue weighted by molar-refractivity contribution is 9.10. The van der Waals surface area contributed by atoms with Gasteiger partial charge in [-0.15, -0.1) is 0 Å². The number of nitrogens with zero attached hydrogens (tertiary/aromatic N) is 3. The molecule has 5 aromatic carbocycles. The lowest BCUT2D eigenvalue weighted by molar-refractivity contribution is 0.270. The number of ether oxygens (including phenoxy) is 2. The van der Waals surface area contributed by atoms with E-state index in [4.69, 9.17) is 26.1 Å². The van der Waals surface area contributed by atoms with Crippen LogP contribution in [0.1, 0.15) is 18.1 Å². The third kappa shape index (κ3) is 5.41. The molecule has 0 amide bonds. The Morgan fingerprint density at radius 3 is 2.43 bits per heavy atom. The molecule has 208 valence electrons. The topological polar surface area (TPSA) is 65.7 Å². The minimum Gasteiger partial charge on any atom is -0.490 e. The minimum atomic E-state index is -0.280. The van der Waals surface area contributed by atoms with Crippen LogP contribution in [0.5, 0.6) is 11.5 Å². The van der Waals surface area contributed by atoms with E-state index in [0.29, 0.717) is 56.5 Å². The largest absolute Gasteiger partial charge is 0.490 e. The standard InChI is InChI=1S/C34H25BrClN3O3/c1-2-41-29-19-25(30(35)31(36)32(29)42-21-24-15-10-14-22-11-6-7-16-26(22)24)20-37-39-33(23-12-4-3-5-13-23)38-28-18-9-8-17-27(28)34(39)40/h3-20H,2,21H2,1H3. The van der Waals surface area contributed by atoms with E-state index in [-0.39, 0.29) is 5.56 Å². The number of rotatable bonds is 8. The predicted molar refractivity (Wildman–Crippen MR) is 173 cm³/mol. The first-order chi connectivity index (χ1) is 20.5.